The summed E-state index contributed by atoms with van der Waals surface area (Å²) in [4.78, 5) is 0. The molecular formula is C16H25NO2. The van der Waals surface area contributed by atoms with Gasteiger partial charge in [-0.1, -0.05) is 18.2 Å². The summed E-state index contributed by atoms with van der Waals surface area (Å²) in [5.41, 5.74) is 1.19. The number of nitrogens with one attached hydrogen (secondary N) is 1. The molecule has 3 nitrogen and oxygen atoms in total. The smallest absolute Gasteiger partial charge is 0.124 e. The van der Waals surface area contributed by atoms with E-state index in [4.69, 9.17) is 4.74 Å². The molecule has 1 aliphatic carbocycles. The molecule has 2 rings (SSSR count). The van der Waals surface area contributed by atoms with Crippen LogP contribution in [0.25, 0.3) is 0 Å². The van der Waals surface area contributed by atoms with E-state index in [0.717, 1.165) is 38.0 Å². The molecule has 19 heavy (non-hydrogen) atoms. The van der Waals surface area contributed by atoms with Gasteiger partial charge in [-0.3, -0.25) is 0 Å². The van der Waals surface area contributed by atoms with Crippen LogP contribution in [0.1, 0.15) is 45.1 Å². The molecule has 0 saturated heterocycles. The van der Waals surface area contributed by atoms with Crippen LogP contribution in [-0.2, 0) is 6.54 Å². The number of hydrogen-bond acceptors (Lipinski definition) is 3. The van der Waals surface area contributed by atoms with Crippen molar-refractivity contribution in [3.8, 4) is 5.75 Å². The molecule has 1 fully saturated rings. The van der Waals surface area contributed by atoms with Crippen LogP contribution in [0.4, 0.5) is 0 Å². The molecule has 2 atom stereocenters. The zero-order valence-corrected chi connectivity index (χ0v) is 11.9. The molecule has 0 amide bonds. The quantitative estimate of drug-likeness (QED) is 0.858. The van der Waals surface area contributed by atoms with Crippen LogP contribution in [-0.4, -0.2) is 23.4 Å². The first kappa shape index (κ1) is 14.4. The second-order valence-electron chi connectivity index (χ2n) is 5.67. The van der Waals surface area contributed by atoms with Crippen molar-refractivity contribution in [2.75, 3.05) is 0 Å². The number of benzene rings is 1. The number of para-hydroxylation sites is 1. The van der Waals surface area contributed by atoms with Crippen molar-refractivity contribution in [2.24, 2.45) is 0 Å². The van der Waals surface area contributed by atoms with Gasteiger partial charge in [0, 0.05) is 18.2 Å². The van der Waals surface area contributed by atoms with E-state index in [1.807, 2.05) is 32.0 Å². The van der Waals surface area contributed by atoms with Crippen LogP contribution in [0.5, 0.6) is 5.75 Å². The average Bonchev–Trinajstić information content (AvgIpc) is 2.37. The van der Waals surface area contributed by atoms with Gasteiger partial charge < -0.3 is 15.2 Å². The second-order valence-corrected chi connectivity index (χ2v) is 5.67. The first-order valence-electron chi connectivity index (χ1n) is 7.31. The fraction of sp³-hybridized carbons (Fsp3) is 0.625. The van der Waals surface area contributed by atoms with E-state index in [0.29, 0.717) is 6.04 Å². The molecule has 3 heteroatoms. The molecule has 1 saturated carbocycles. The van der Waals surface area contributed by atoms with Crippen LogP contribution in [0.3, 0.4) is 0 Å². The summed E-state index contributed by atoms with van der Waals surface area (Å²) < 4.78 is 5.82. The monoisotopic (exact) mass is 263 g/mol. The fourth-order valence-electron chi connectivity index (χ4n) is 2.62. The van der Waals surface area contributed by atoms with Crippen molar-refractivity contribution < 1.29 is 9.84 Å². The predicted octanol–water partition coefficient (Wildman–Crippen LogP) is 2.87. The molecule has 2 unspecified atom stereocenters. The molecule has 0 aliphatic heterocycles. The largest absolute Gasteiger partial charge is 0.491 e. The van der Waals surface area contributed by atoms with Crippen LogP contribution >= 0.6 is 0 Å². The maximum Gasteiger partial charge on any atom is 0.124 e. The van der Waals surface area contributed by atoms with Gasteiger partial charge in [0.05, 0.1) is 12.2 Å². The van der Waals surface area contributed by atoms with Gasteiger partial charge in [0.2, 0.25) is 0 Å². The molecule has 0 aromatic heterocycles. The minimum Gasteiger partial charge on any atom is -0.491 e. The SMILES string of the molecule is CC(C)Oc1ccccc1CNC1CCCC(O)C1. The third-order valence-electron chi connectivity index (χ3n) is 3.56. The first-order valence-corrected chi connectivity index (χ1v) is 7.31. The zero-order chi connectivity index (χ0) is 13.7. The summed E-state index contributed by atoms with van der Waals surface area (Å²) in [5, 5.41) is 13.2. The highest BCUT2D eigenvalue weighted by molar-refractivity contribution is 5.33. The Labute approximate surface area is 116 Å². The molecule has 106 valence electrons. The van der Waals surface area contributed by atoms with Crippen LogP contribution in [0.2, 0.25) is 0 Å². The summed E-state index contributed by atoms with van der Waals surface area (Å²) >= 11 is 0. The van der Waals surface area contributed by atoms with E-state index < -0.39 is 0 Å². The third-order valence-corrected chi connectivity index (χ3v) is 3.56. The standard InChI is InChI=1S/C16H25NO2/c1-12(2)19-16-9-4-3-6-13(16)11-17-14-7-5-8-15(18)10-14/h3-4,6,9,12,14-15,17-18H,5,7-8,10-11H2,1-2H3. The lowest BCUT2D eigenvalue weighted by atomic mass is 9.93. The Morgan fingerprint density at radius 3 is 2.84 bits per heavy atom. The van der Waals surface area contributed by atoms with E-state index in [2.05, 4.69) is 11.4 Å². The van der Waals surface area contributed by atoms with E-state index >= 15 is 0 Å². The predicted molar refractivity (Wildman–Crippen MR) is 77.3 cm³/mol. The van der Waals surface area contributed by atoms with Crippen LogP contribution in [0, 0.1) is 0 Å². The van der Waals surface area contributed by atoms with Gasteiger partial charge in [0.1, 0.15) is 5.75 Å². The van der Waals surface area contributed by atoms with Crippen molar-refractivity contribution in [2.45, 2.75) is 64.3 Å². The summed E-state index contributed by atoms with van der Waals surface area (Å²) in [5.74, 6) is 0.960. The van der Waals surface area contributed by atoms with Crippen molar-refractivity contribution in [3.05, 3.63) is 29.8 Å². The Morgan fingerprint density at radius 2 is 2.11 bits per heavy atom. The van der Waals surface area contributed by atoms with E-state index in [9.17, 15) is 5.11 Å². The topological polar surface area (TPSA) is 41.5 Å². The molecule has 1 aromatic carbocycles. The number of hydrogen-bond donors (Lipinski definition) is 2. The van der Waals surface area contributed by atoms with Gasteiger partial charge in [0.15, 0.2) is 0 Å². The lowest BCUT2D eigenvalue weighted by Crippen LogP contribution is -2.35. The summed E-state index contributed by atoms with van der Waals surface area (Å²) in [6.45, 7) is 4.89. The lowest BCUT2D eigenvalue weighted by Gasteiger charge is -2.27. The van der Waals surface area contributed by atoms with Gasteiger partial charge in [-0.05, 0) is 45.6 Å². The molecular weight excluding hydrogens is 238 g/mol. The third kappa shape index (κ3) is 4.51. The normalized spacial score (nSPS) is 23.6. The molecule has 1 aliphatic rings. The van der Waals surface area contributed by atoms with Gasteiger partial charge in [-0.15, -0.1) is 0 Å². The highest BCUT2D eigenvalue weighted by atomic mass is 16.5. The van der Waals surface area contributed by atoms with Crippen molar-refractivity contribution in [3.63, 3.8) is 0 Å². The van der Waals surface area contributed by atoms with Gasteiger partial charge in [-0.2, -0.15) is 0 Å². The number of rotatable bonds is 5. The lowest BCUT2D eigenvalue weighted by molar-refractivity contribution is 0.111. The molecule has 2 N–H and O–H groups in total. The maximum atomic E-state index is 9.69. The van der Waals surface area contributed by atoms with Gasteiger partial charge in [-0.25, -0.2) is 0 Å². The van der Waals surface area contributed by atoms with Crippen LogP contribution < -0.4 is 10.1 Å². The van der Waals surface area contributed by atoms with E-state index in [1.54, 1.807) is 0 Å². The van der Waals surface area contributed by atoms with Crippen molar-refractivity contribution in [1.82, 2.24) is 5.32 Å². The number of aliphatic hydroxyl groups excluding tert-OH is 1. The molecule has 0 spiro atoms. The minimum absolute atomic E-state index is 0.131. The Kier molecular flexibility index (Phi) is 5.23. The molecule has 1 aromatic rings. The number of aliphatic hydroxyl groups is 1. The molecule has 0 radical (unpaired) electrons. The summed E-state index contributed by atoms with van der Waals surface area (Å²) in [7, 11) is 0. The average molecular weight is 263 g/mol. The Balaban J connectivity index is 1.91. The first-order chi connectivity index (χ1) is 9.15. The zero-order valence-electron chi connectivity index (χ0n) is 11.9. The fourth-order valence-corrected chi connectivity index (χ4v) is 2.62. The molecule has 0 heterocycles. The second kappa shape index (κ2) is 6.92. The highest BCUT2D eigenvalue weighted by Crippen LogP contribution is 2.22. The minimum atomic E-state index is -0.131. The Morgan fingerprint density at radius 1 is 1.32 bits per heavy atom. The van der Waals surface area contributed by atoms with Gasteiger partial charge >= 0.3 is 0 Å². The van der Waals surface area contributed by atoms with Crippen molar-refractivity contribution >= 4 is 0 Å². The Hall–Kier alpha value is -1.06. The van der Waals surface area contributed by atoms with Gasteiger partial charge in [0.25, 0.3) is 0 Å². The van der Waals surface area contributed by atoms with E-state index in [-0.39, 0.29) is 12.2 Å². The van der Waals surface area contributed by atoms with Crippen molar-refractivity contribution in [1.29, 1.82) is 0 Å². The maximum absolute atomic E-state index is 9.69. The summed E-state index contributed by atoms with van der Waals surface area (Å²) in [6.07, 6.45) is 4.15. The van der Waals surface area contributed by atoms with E-state index in [1.165, 1.54) is 5.56 Å². The Bertz CT molecular complexity index is 392. The van der Waals surface area contributed by atoms with Crippen LogP contribution in [0.15, 0.2) is 24.3 Å². The summed E-state index contributed by atoms with van der Waals surface area (Å²) in [6, 6.07) is 8.60. The highest BCUT2D eigenvalue weighted by Gasteiger charge is 2.19. The molecule has 0 bridgehead atoms. The number of ether oxygens (including phenoxy) is 1.